The summed E-state index contributed by atoms with van der Waals surface area (Å²) in [6, 6.07) is 5.76. The number of aliphatic hydroxyl groups is 1. The Morgan fingerprint density at radius 1 is 1.12 bits per heavy atom. The molecule has 3 aromatic rings. The number of hydrogen-bond acceptors (Lipinski definition) is 5. The first-order chi connectivity index (χ1) is 16.3. The second kappa shape index (κ2) is 9.90. The Labute approximate surface area is 195 Å². The second-order valence-electron chi connectivity index (χ2n) is 8.81. The van der Waals surface area contributed by atoms with Gasteiger partial charge >= 0.3 is 0 Å². The summed E-state index contributed by atoms with van der Waals surface area (Å²) in [5, 5.41) is 11.9. The standard InChI is InChI=1S/C25H25F3N4O2/c1-13-6-15(10-16(29)7-13)17-4-5-30-11-22(17)32-25(34)21-3-2-18(26)24(31-21)23-19(27)8-14(12-33)9-20(23)28/h2-5,8-9,11,13,15-16,33H,6-7,10,12,29H2,1H3,(H,32,34)/t13-,15+,16+/m0/s1. The minimum atomic E-state index is -1.09. The van der Waals surface area contributed by atoms with Crippen molar-refractivity contribution in [2.75, 3.05) is 5.32 Å². The zero-order valence-corrected chi connectivity index (χ0v) is 18.6. The van der Waals surface area contributed by atoms with Crippen molar-refractivity contribution in [1.29, 1.82) is 0 Å². The van der Waals surface area contributed by atoms with Gasteiger partial charge in [0.15, 0.2) is 0 Å². The molecule has 1 amide bonds. The van der Waals surface area contributed by atoms with Crippen molar-refractivity contribution in [1.82, 2.24) is 9.97 Å². The fourth-order valence-corrected chi connectivity index (χ4v) is 4.65. The maximum atomic E-state index is 14.5. The highest BCUT2D eigenvalue weighted by molar-refractivity contribution is 6.03. The maximum Gasteiger partial charge on any atom is 0.274 e. The highest BCUT2D eigenvalue weighted by atomic mass is 19.1. The summed E-state index contributed by atoms with van der Waals surface area (Å²) in [6.07, 6.45) is 5.81. The Kier molecular flexibility index (Phi) is 6.95. The van der Waals surface area contributed by atoms with Crippen LogP contribution in [0.4, 0.5) is 18.9 Å². The third kappa shape index (κ3) is 4.95. The zero-order chi connectivity index (χ0) is 24.4. The van der Waals surface area contributed by atoms with Gasteiger partial charge in [-0.2, -0.15) is 0 Å². The second-order valence-corrected chi connectivity index (χ2v) is 8.81. The average Bonchev–Trinajstić information content (AvgIpc) is 2.79. The summed E-state index contributed by atoms with van der Waals surface area (Å²) in [6.45, 7) is 1.56. The molecule has 1 aromatic carbocycles. The molecular formula is C25H25F3N4O2. The molecule has 9 heteroatoms. The Bertz CT molecular complexity index is 1190. The van der Waals surface area contributed by atoms with Crippen molar-refractivity contribution >= 4 is 11.6 Å². The quantitative estimate of drug-likeness (QED) is 0.508. The number of halogens is 3. The Morgan fingerprint density at radius 3 is 2.53 bits per heavy atom. The van der Waals surface area contributed by atoms with E-state index < -0.39 is 41.2 Å². The topological polar surface area (TPSA) is 101 Å². The van der Waals surface area contributed by atoms with Gasteiger partial charge in [0.2, 0.25) is 0 Å². The Balaban J connectivity index is 1.64. The number of carbonyl (C=O) groups is 1. The first kappa shape index (κ1) is 23.8. The monoisotopic (exact) mass is 470 g/mol. The minimum absolute atomic E-state index is 0.00564. The van der Waals surface area contributed by atoms with Crippen LogP contribution in [-0.4, -0.2) is 27.0 Å². The number of carbonyl (C=O) groups excluding carboxylic acids is 1. The lowest BCUT2D eigenvalue weighted by atomic mass is 9.76. The maximum absolute atomic E-state index is 14.5. The minimum Gasteiger partial charge on any atom is -0.392 e. The summed E-state index contributed by atoms with van der Waals surface area (Å²) in [4.78, 5) is 21.0. The first-order valence-corrected chi connectivity index (χ1v) is 11.0. The molecule has 2 heterocycles. The summed E-state index contributed by atoms with van der Waals surface area (Å²) in [5.41, 5.74) is 6.01. The summed E-state index contributed by atoms with van der Waals surface area (Å²) < 4.78 is 43.4. The predicted molar refractivity (Wildman–Crippen MR) is 121 cm³/mol. The van der Waals surface area contributed by atoms with Crippen molar-refractivity contribution in [3.63, 3.8) is 0 Å². The number of nitrogens with two attached hydrogens (primary N) is 1. The fraction of sp³-hybridized carbons (Fsp3) is 0.320. The molecule has 2 aromatic heterocycles. The van der Waals surface area contributed by atoms with Gasteiger partial charge in [0.25, 0.3) is 5.91 Å². The molecule has 1 saturated carbocycles. The molecule has 178 valence electrons. The lowest BCUT2D eigenvalue weighted by molar-refractivity contribution is 0.102. The molecule has 0 radical (unpaired) electrons. The van der Waals surface area contributed by atoms with E-state index in [0.29, 0.717) is 11.6 Å². The van der Waals surface area contributed by atoms with E-state index in [0.717, 1.165) is 49.1 Å². The van der Waals surface area contributed by atoms with E-state index in [1.54, 1.807) is 6.20 Å². The Morgan fingerprint density at radius 2 is 1.85 bits per heavy atom. The van der Waals surface area contributed by atoms with Crippen molar-refractivity contribution < 1.29 is 23.1 Å². The van der Waals surface area contributed by atoms with E-state index in [2.05, 4.69) is 22.2 Å². The smallest absolute Gasteiger partial charge is 0.274 e. The summed E-state index contributed by atoms with van der Waals surface area (Å²) >= 11 is 0. The van der Waals surface area contributed by atoms with Crippen LogP contribution in [0, 0.1) is 23.4 Å². The zero-order valence-electron chi connectivity index (χ0n) is 18.6. The molecule has 0 saturated heterocycles. The van der Waals surface area contributed by atoms with Crippen LogP contribution in [0.2, 0.25) is 0 Å². The first-order valence-electron chi connectivity index (χ1n) is 11.0. The number of rotatable bonds is 5. The van der Waals surface area contributed by atoms with E-state index in [1.165, 1.54) is 6.20 Å². The fourth-order valence-electron chi connectivity index (χ4n) is 4.65. The summed E-state index contributed by atoms with van der Waals surface area (Å²) in [5.74, 6) is -3.26. The molecule has 6 nitrogen and oxygen atoms in total. The van der Waals surface area contributed by atoms with Crippen LogP contribution in [0.3, 0.4) is 0 Å². The van der Waals surface area contributed by atoms with Gasteiger partial charge in [0.05, 0.1) is 24.1 Å². The number of nitrogens with zero attached hydrogens (tertiary/aromatic N) is 2. The van der Waals surface area contributed by atoms with Gasteiger partial charge in [0, 0.05) is 12.2 Å². The van der Waals surface area contributed by atoms with E-state index in [9.17, 15) is 18.0 Å². The van der Waals surface area contributed by atoms with Crippen LogP contribution in [0.5, 0.6) is 0 Å². The normalized spacial score (nSPS) is 20.2. The molecule has 34 heavy (non-hydrogen) atoms. The van der Waals surface area contributed by atoms with E-state index in [4.69, 9.17) is 10.8 Å². The van der Waals surface area contributed by atoms with Crippen molar-refractivity contribution in [3.05, 3.63) is 77.0 Å². The molecule has 1 aliphatic rings. The van der Waals surface area contributed by atoms with Crippen molar-refractivity contribution in [3.8, 4) is 11.3 Å². The number of aromatic nitrogens is 2. The van der Waals surface area contributed by atoms with Crippen LogP contribution in [-0.2, 0) is 6.61 Å². The highest BCUT2D eigenvalue weighted by Gasteiger charge is 2.28. The number of pyridine rings is 2. The number of anilines is 1. The summed E-state index contributed by atoms with van der Waals surface area (Å²) in [7, 11) is 0. The molecule has 3 atom stereocenters. The molecule has 4 rings (SSSR count). The SMILES string of the molecule is C[C@@H]1C[C@@H](N)C[C@H](c2ccncc2NC(=O)c2ccc(F)c(-c3c(F)cc(CO)cc3F)n2)C1. The molecular weight excluding hydrogens is 445 g/mol. The molecule has 0 spiro atoms. The van der Waals surface area contributed by atoms with Crippen molar-refractivity contribution in [2.45, 2.75) is 44.8 Å². The third-order valence-corrected chi connectivity index (χ3v) is 6.12. The third-order valence-electron chi connectivity index (χ3n) is 6.12. The van der Waals surface area contributed by atoms with Crippen LogP contribution in [0.15, 0.2) is 42.7 Å². The predicted octanol–water partition coefficient (Wildman–Crippen LogP) is 4.54. The number of nitrogens with one attached hydrogen (secondary N) is 1. The lowest BCUT2D eigenvalue weighted by Crippen LogP contribution is -2.31. The van der Waals surface area contributed by atoms with Crippen LogP contribution in [0.1, 0.15) is 53.7 Å². The molecule has 0 bridgehead atoms. The van der Waals surface area contributed by atoms with Gasteiger partial charge in [-0.25, -0.2) is 18.2 Å². The molecule has 1 aliphatic carbocycles. The lowest BCUT2D eigenvalue weighted by Gasteiger charge is -2.32. The number of aliphatic hydroxyl groups excluding tert-OH is 1. The highest BCUT2D eigenvalue weighted by Crippen LogP contribution is 2.38. The van der Waals surface area contributed by atoms with E-state index >= 15 is 0 Å². The van der Waals surface area contributed by atoms with Crippen LogP contribution in [0.25, 0.3) is 11.3 Å². The van der Waals surface area contributed by atoms with Gasteiger partial charge in [-0.05, 0) is 72.6 Å². The van der Waals surface area contributed by atoms with E-state index in [-0.39, 0.29) is 23.2 Å². The molecule has 0 unspecified atom stereocenters. The van der Waals surface area contributed by atoms with Gasteiger partial charge in [0.1, 0.15) is 28.8 Å². The van der Waals surface area contributed by atoms with Crippen LogP contribution < -0.4 is 11.1 Å². The van der Waals surface area contributed by atoms with Crippen LogP contribution >= 0.6 is 0 Å². The van der Waals surface area contributed by atoms with Gasteiger partial charge < -0.3 is 16.2 Å². The average molecular weight is 470 g/mol. The molecule has 0 aliphatic heterocycles. The number of amides is 1. The molecule has 4 N–H and O–H groups in total. The van der Waals surface area contributed by atoms with E-state index in [1.807, 2.05) is 6.07 Å². The number of hydrogen-bond donors (Lipinski definition) is 3. The van der Waals surface area contributed by atoms with Gasteiger partial charge in [-0.1, -0.05) is 6.92 Å². The largest absolute Gasteiger partial charge is 0.392 e. The molecule has 1 fully saturated rings. The van der Waals surface area contributed by atoms with Crippen molar-refractivity contribution in [2.24, 2.45) is 11.7 Å². The Hall–Kier alpha value is -3.30. The van der Waals surface area contributed by atoms with Gasteiger partial charge in [-0.3, -0.25) is 9.78 Å². The number of benzene rings is 1. The van der Waals surface area contributed by atoms with Gasteiger partial charge in [-0.15, -0.1) is 0 Å².